The van der Waals surface area contributed by atoms with Crippen LogP contribution in [0.1, 0.15) is 17.7 Å². The zero-order valence-electron chi connectivity index (χ0n) is 24.4. The van der Waals surface area contributed by atoms with E-state index in [2.05, 4.69) is 153 Å². The van der Waals surface area contributed by atoms with E-state index >= 15 is 0 Å². The van der Waals surface area contributed by atoms with Crippen molar-refractivity contribution in [1.29, 1.82) is 0 Å². The van der Waals surface area contributed by atoms with E-state index in [1.807, 2.05) is 0 Å². The fourth-order valence-electron chi connectivity index (χ4n) is 7.48. The summed E-state index contributed by atoms with van der Waals surface area (Å²) >= 11 is 0. The van der Waals surface area contributed by atoms with E-state index in [1.165, 1.54) is 38.2 Å². The molecule has 45 heavy (non-hydrogen) atoms. The molecule has 0 amide bonds. The van der Waals surface area contributed by atoms with Crippen molar-refractivity contribution in [2.24, 2.45) is 0 Å². The van der Waals surface area contributed by atoms with Crippen molar-refractivity contribution in [3.63, 3.8) is 0 Å². The molecule has 0 bridgehead atoms. The van der Waals surface area contributed by atoms with Gasteiger partial charge < -0.3 is 0 Å². The Labute approximate surface area is 258 Å². The maximum absolute atomic E-state index is 5.41. The van der Waals surface area contributed by atoms with Crippen molar-refractivity contribution in [2.45, 2.75) is 12.8 Å². The van der Waals surface area contributed by atoms with E-state index in [9.17, 15) is 0 Å². The topological polar surface area (TPSA) is 40.6 Å². The van der Waals surface area contributed by atoms with E-state index in [4.69, 9.17) is 9.97 Å². The summed E-state index contributed by atoms with van der Waals surface area (Å²) in [6.45, 7) is 0. The average Bonchev–Trinajstić information content (AvgIpc) is 3.74. The molecule has 0 radical (unpaired) electrons. The van der Waals surface area contributed by atoms with Gasteiger partial charge in [-0.05, 0) is 54.8 Å². The predicted octanol–water partition coefficient (Wildman–Crippen LogP) is 9.57. The van der Waals surface area contributed by atoms with Gasteiger partial charge in [0.1, 0.15) is 11.6 Å². The smallest absolute Gasteiger partial charge is 0.238 e. The Bertz CT molecular complexity index is 2430. The number of hydrogen-bond acceptors (Lipinski definition) is 2. The van der Waals surface area contributed by atoms with Crippen LogP contribution in [-0.2, 0) is 6.42 Å². The van der Waals surface area contributed by atoms with Gasteiger partial charge in [-0.1, -0.05) is 97.1 Å². The van der Waals surface area contributed by atoms with Crippen LogP contribution in [0.5, 0.6) is 0 Å². The van der Waals surface area contributed by atoms with Crippen LogP contribution in [0, 0.1) is 0 Å². The molecule has 0 saturated heterocycles. The Morgan fingerprint density at radius 3 is 1.40 bits per heavy atom. The first-order chi connectivity index (χ1) is 22.3. The molecule has 0 N–H and O–H groups in total. The number of benzene rings is 5. The van der Waals surface area contributed by atoms with Gasteiger partial charge in [0, 0.05) is 33.0 Å². The van der Waals surface area contributed by atoms with Gasteiger partial charge in [0.15, 0.2) is 0 Å². The van der Waals surface area contributed by atoms with Gasteiger partial charge in [-0.25, -0.2) is 0 Å². The van der Waals surface area contributed by atoms with Gasteiger partial charge in [-0.15, -0.1) is 0 Å². The first-order valence-electron chi connectivity index (χ1n) is 15.5. The van der Waals surface area contributed by atoms with Gasteiger partial charge >= 0.3 is 0 Å². The molecule has 1 aliphatic rings. The second-order valence-electron chi connectivity index (χ2n) is 11.8. The van der Waals surface area contributed by atoms with Crippen LogP contribution in [0.15, 0.2) is 133 Å². The van der Waals surface area contributed by atoms with Crippen molar-refractivity contribution in [3.05, 3.63) is 145 Å². The summed E-state index contributed by atoms with van der Waals surface area (Å²) in [7, 11) is 0. The lowest BCUT2D eigenvalue weighted by molar-refractivity contribution is 0.897. The van der Waals surface area contributed by atoms with Gasteiger partial charge in [0.25, 0.3) is 0 Å². The standard InChI is InChI=1S/C40H27N5/c1-7-19-32-26(13-1)27-14-2-8-20-33(27)43(32)38-25-39(44-34-21-9-3-15-28(34)29-16-4-10-22-35(29)44)42-40(41-38)45-36-23-11-5-17-30(36)31-18-6-12-24-37(31)45/h1-3,5-15,17-25H,4,16H2. The van der Waals surface area contributed by atoms with Gasteiger partial charge in [0.2, 0.25) is 5.95 Å². The zero-order chi connectivity index (χ0) is 29.5. The summed E-state index contributed by atoms with van der Waals surface area (Å²) in [5.74, 6) is 2.33. The predicted molar refractivity (Wildman–Crippen MR) is 185 cm³/mol. The number of allylic oxidation sites excluding steroid dienone is 1. The fourth-order valence-corrected chi connectivity index (χ4v) is 7.48. The second-order valence-corrected chi connectivity index (χ2v) is 11.8. The second kappa shape index (κ2) is 9.28. The van der Waals surface area contributed by atoms with Crippen LogP contribution in [0.2, 0.25) is 0 Å². The average molecular weight is 578 g/mol. The van der Waals surface area contributed by atoms with Crippen LogP contribution in [0.25, 0.3) is 78.2 Å². The molecule has 5 nitrogen and oxygen atoms in total. The van der Waals surface area contributed by atoms with E-state index in [1.54, 1.807) is 0 Å². The quantitative estimate of drug-likeness (QED) is 0.210. The molecule has 0 spiro atoms. The number of aromatic nitrogens is 5. The zero-order valence-corrected chi connectivity index (χ0v) is 24.4. The highest BCUT2D eigenvalue weighted by Gasteiger charge is 2.23. The van der Waals surface area contributed by atoms with Crippen LogP contribution < -0.4 is 0 Å². The lowest BCUT2D eigenvalue weighted by Gasteiger charge is -2.16. The summed E-state index contributed by atoms with van der Waals surface area (Å²) in [4.78, 5) is 10.8. The fraction of sp³-hybridized carbons (Fsp3) is 0.0500. The molecule has 5 aromatic carbocycles. The van der Waals surface area contributed by atoms with Gasteiger partial charge in [0.05, 0.1) is 33.3 Å². The molecule has 212 valence electrons. The number of nitrogens with zero attached hydrogens (tertiary/aromatic N) is 5. The molecule has 0 saturated carbocycles. The maximum atomic E-state index is 5.41. The third-order valence-electron chi connectivity index (χ3n) is 9.36. The van der Waals surface area contributed by atoms with E-state index in [0.717, 1.165) is 52.1 Å². The van der Waals surface area contributed by atoms with Crippen LogP contribution in [-0.4, -0.2) is 23.7 Å². The Morgan fingerprint density at radius 2 is 0.867 bits per heavy atom. The number of aryl methyl sites for hydroxylation is 1. The summed E-state index contributed by atoms with van der Waals surface area (Å²) in [6, 6.07) is 45.2. The number of para-hydroxylation sites is 5. The molecular weight excluding hydrogens is 550 g/mol. The molecule has 9 aromatic rings. The molecule has 0 aliphatic heterocycles. The molecule has 4 aromatic heterocycles. The minimum absolute atomic E-state index is 0.646. The number of hydrogen-bond donors (Lipinski definition) is 0. The molecule has 0 fully saturated rings. The molecular formula is C40H27N5. The van der Waals surface area contributed by atoms with Crippen molar-refractivity contribution >= 4 is 60.6 Å². The highest BCUT2D eigenvalue weighted by atomic mass is 15.2. The van der Waals surface area contributed by atoms with Crippen LogP contribution in [0.4, 0.5) is 0 Å². The van der Waals surface area contributed by atoms with Crippen LogP contribution in [0.3, 0.4) is 0 Å². The van der Waals surface area contributed by atoms with E-state index in [0.29, 0.717) is 5.95 Å². The third kappa shape index (κ3) is 3.43. The molecule has 1 aliphatic carbocycles. The largest absolute Gasteiger partial charge is 0.294 e. The Balaban J connectivity index is 1.37. The van der Waals surface area contributed by atoms with E-state index in [-0.39, 0.29) is 0 Å². The lowest BCUT2D eigenvalue weighted by Crippen LogP contribution is -2.11. The summed E-state index contributed by atoms with van der Waals surface area (Å²) in [5, 5.41) is 6.07. The van der Waals surface area contributed by atoms with Crippen molar-refractivity contribution in [3.8, 4) is 17.6 Å². The third-order valence-corrected chi connectivity index (χ3v) is 9.36. The molecule has 5 heteroatoms. The Morgan fingerprint density at radius 1 is 0.444 bits per heavy atom. The molecule has 0 atom stereocenters. The minimum atomic E-state index is 0.646. The number of fused-ring (bicyclic) bond motifs is 9. The minimum Gasteiger partial charge on any atom is -0.294 e. The summed E-state index contributed by atoms with van der Waals surface area (Å²) in [6.07, 6.45) is 6.61. The van der Waals surface area contributed by atoms with Crippen molar-refractivity contribution in [1.82, 2.24) is 23.7 Å². The number of rotatable bonds is 3. The molecule has 10 rings (SSSR count). The Kier molecular flexibility index (Phi) is 5.05. The van der Waals surface area contributed by atoms with Crippen LogP contribution >= 0.6 is 0 Å². The molecule has 0 unspecified atom stereocenters. The highest BCUT2D eigenvalue weighted by molar-refractivity contribution is 6.10. The lowest BCUT2D eigenvalue weighted by atomic mass is 10.0. The van der Waals surface area contributed by atoms with Gasteiger partial charge in [-0.3, -0.25) is 13.7 Å². The highest BCUT2D eigenvalue weighted by Crippen LogP contribution is 2.37. The van der Waals surface area contributed by atoms with E-state index < -0.39 is 0 Å². The first-order valence-corrected chi connectivity index (χ1v) is 15.5. The summed E-state index contributed by atoms with van der Waals surface area (Å²) < 4.78 is 6.84. The summed E-state index contributed by atoms with van der Waals surface area (Å²) in [5.41, 5.74) is 8.15. The van der Waals surface area contributed by atoms with Crippen molar-refractivity contribution in [2.75, 3.05) is 0 Å². The normalized spacial score (nSPS) is 13.1. The molecule has 4 heterocycles. The first kappa shape index (κ1) is 24.5. The van der Waals surface area contributed by atoms with Crippen molar-refractivity contribution < 1.29 is 0 Å². The monoisotopic (exact) mass is 577 g/mol. The Hall–Kier alpha value is -5.94. The SMILES string of the molecule is C1=Cc2c(c3ccccc3n2-c2cc(-n3c4ccccc4c4ccccc43)nc(-n3c4ccccc4c4ccccc43)n2)CC1. The maximum Gasteiger partial charge on any atom is 0.238 e. The van der Waals surface area contributed by atoms with Gasteiger partial charge in [-0.2, -0.15) is 9.97 Å².